The SMILES string of the molecule is CCOCCCNC(=NC)NCC(C)N(C)C1CC1. The van der Waals surface area contributed by atoms with E-state index < -0.39 is 0 Å². The van der Waals surface area contributed by atoms with Crippen molar-refractivity contribution in [3.63, 3.8) is 0 Å². The summed E-state index contributed by atoms with van der Waals surface area (Å²) in [6.45, 7) is 7.70. The Hall–Kier alpha value is -0.810. The predicted octanol–water partition coefficient (Wildman–Crippen LogP) is 1.06. The number of rotatable bonds is 9. The molecule has 112 valence electrons. The topological polar surface area (TPSA) is 48.9 Å². The monoisotopic (exact) mass is 270 g/mol. The molecule has 0 heterocycles. The standard InChI is InChI=1S/C14H30N4O/c1-5-19-10-6-9-16-14(15-3)17-11-12(2)18(4)13-7-8-13/h12-13H,5-11H2,1-4H3,(H2,15,16,17). The van der Waals surface area contributed by atoms with E-state index in [2.05, 4.69) is 34.5 Å². The Labute approximate surface area is 117 Å². The second-order valence-electron chi connectivity index (χ2n) is 5.18. The van der Waals surface area contributed by atoms with Gasteiger partial charge in [-0.2, -0.15) is 0 Å². The minimum atomic E-state index is 0.537. The third kappa shape index (κ3) is 6.78. The third-order valence-corrected chi connectivity index (χ3v) is 3.57. The van der Waals surface area contributed by atoms with E-state index in [-0.39, 0.29) is 0 Å². The maximum atomic E-state index is 5.30. The van der Waals surface area contributed by atoms with Crippen molar-refractivity contribution in [1.82, 2.24) is 15.5 Å². The molecule has 1 atom stereocenters. The third-order valence-electron chi connectivity index (χ3n) is 3.57. The molecule has 0 saturated heterocycles. The van der Waals surface area contributed by atoms with Gasteiger partial charge in [0.05, 0.1) is 0 Å². The van der Waals surface area contributed by atoms with Crippen molar-refractivity contribution in [2.75, 3.05) is 40.4 Å². The summed E-state index contributed by atoms with van der Waals surface area (Å²) in [5.74, 6) is 0.882. The highest BCUT2D eigenvalue weighted by Gasteiger charge is 2.28. The van der Waals surface area contributed by atoms with Gasteiger partial charge in [-0.1, -0.05) is 0 Å². The molecule has 1 saturated carbocycles. The van der Waals surface area contributed by atoms with E-state index in [9.17, 15) is 0 Å². The highest BCUT2D eigenvalue weighted by atomic mass is 16.5. The first-order chi connectivity index (χ1) is 9.19. The van der Waals surface area contributed by atoms with E-state index in [0.29, 0.717) is 6.04 Å². The van der Waals surface area contributed by atoms with Gasteiger partial charge in [-0.25, -0.2) is 0 Å². The fraction of sp³-hybridized carbons (Fsp3) is 0.929. The summed E-state index contributed by atoms with van der Waals surface area (Å²) in [4.78, 5) is 6.69. The van der Waals surface area contributed by atoms with Gasteiger partial charge in [0.15, 0.2) is 5.96 Å². The number of nitrogens with zero attached hydrogens (tertiary/aromatic N) is 2. The number of hydrogen-bond donors (Lipinski definition) is 2. The summed E-state index contributed by atoms with van der Waals surface area (Å²) in [7, 11) is 4.02. The van der Waals surface area contributed by atoms with Crippen molar-refractivity contribution < 1.29 is 4.74 Å². The number of aliphatic imine (C=N–C) groups is 1. The van der Waals surface area contributed by atoms with E-state index in [0.717, 1.165) is 44.7 Å². The van der Waals surface area contributed by atoms with Gasteiger partial charge in [0.1, 0.15) is 0 Å². The number of nitrogens with one attached hydrogen (secondary N) is 2. The van der Waals surface area contributed by atoms with E-state index >= 15 is 0 Å². The molecule has 2 N–H and O–H groups in total. The molecule has 0 aliphatic heterocycles. The van der Waals surface area contributed by atoms with Crippen LogP contribution in [-0.2, 0) is 4.74 Å². The van der Waals surface area contributed by atoms with E-state index in [1.165, 1.54) is 12.8 Å². The maximum absolute atomic E-state index is 5.30. The highest BCUT2D eigenvalue weighted by molar-refractivity contribution is 5.79. The van der Waals surface area contributed by atoms with Crippen LogP contribution in [0.2, 0.25) is 0 Å². The van der Waals surface area contributed by atoms with E-state index in [1.807, 2.05) is 14.0 Å². The zero-order chi connectivity index (χ0) is 14.1. The second kappa shape index (κ2) is 9.15. The molecule has 1 fully saturated rings. The van der Waals surface area contributed by atoms with Gasteiger partial charge in [-0.15, -0.1) is 0 Å². The van der Waals surface area contributed by atoms with Crippen LogP contribution in [0, 0.1) is 0 Å². The van der Waals surface area contributed by atoms with Crippen LogP contribution in [-0.4, -0.2) is 63.3 Å². The molecule has 0 radical (unpaired) electrons. The number of hydrogen-bond acceptors (Lipinski definition) is 3. The number of guanidine groups is 1. The molecular formula is C14H30N4O. The largest absolute Gasteiger partial charge is 0.382 e. The summed E-state index contributed by atoms with van der Waals surface area (Å²) in [5.41, 5.74) is 0. The van der Waals surface area contributed by atoms with Crippen LogP contribution >= 0.6 is 0 Å². The van der Waals surface area contributed by atoms with Crippen LogP contribution in [0.4, 0.5) is 0 Å². The lowest BCUT2D eigenvalue weighted by Crippen LogP contribution is -2.45. The molecule has 0 amide bonds. The Balaban J connectivity index is 2.10. The van der Waals surface area contributed by atoms with Gasteiger partial charge in [0.2, 0.25) is 0 Å². The van der Waals surface area contributed by atoms with Crippen molar-refractivity contribution in [1.29, 1.82) is 0 Å². The summed E-state index contributed by atoms with van der Waals surface area (Å²) >= 11 is 0. The molecule has 19 heavy (non-hydrogen) atoms. The lowest BCUT2D eigenvalue weighted by atomic mass is 10.3. The first-order valence-electron chi connectivity index (χ1n) is 7.43. The zero-order valence-electron chi connectivity index (χ0n) is 12.9. The van der Waals surface area contributed by atoms with Gasteiger partial charge in [0.25, 0.3) is 0 Å². The predicted molar refractivity (Wildman–Crippen MR) is 80.7 cm³/mol. The van der Waals surface area contributed by atoms with Crippen LogP contribution in [0.1, 0.15) is 33.1 Å². The zero-order valence-corrected chi connectivity index (χ0v) is 12.9. The lowest BCUT2D eigenvalue weighted by molar-refractivity contribution is 0.145. The Bertz CT molecular complexity index is 266. The first kappa shape index (κ1) is 16.2. The maximum Gasteiger partial charge on any atom is 0.191 e. The highest BCUT2D eigenvalue weighted by Crippen LogP contribution is 2.26. The summed E-state index contributed by atoms with van der Waals surface area (Å²) in [5, 5.41) is 6.69. The van der Waals surface area contributed by atoms with Crippen LogP contribution in [0.25, 0.3) is 0 Å². The smallest absolute Gasteiger partial charge is 0.191 e. The fourth-order valence-corrected chi connectivity index (χ4v) is 1.98. The van der Waals surface area contributed by atoms with Crippen LogP contribution in [0.3, 0.4) is 0 Å². The Morgan fingerprint density at radius 1 is 1.42 bits per heavy atom. The quantitative estimate of drug-likeness (QED) is 0.374. The minimum Gasteiger partial charge on any atom is -0.382 e. The van der Waals surface area contributed by atoms with Crippen molar-refractivity contribution in [2.24, 2.45) is 4.99 Å². The molecular weight excluding hydrogens is 240 g/mol. The van der Waals surface area contributed by atoms with Gasteiger partial charge in [0, 0.05) is 45.4 Å². The van der Waals surface area contributed by atoms with Crippen LogP contribution in [0.15, 0.2) is 4.99 Å². The first-order valence-corrected chi connectivity index (χ1v) is 7.43. The van der Waals surface area contributed by atoms with Gasteiger partial charge in [-0.3, -0.25) is 9.89 Å². The van der Waals surface area contributed by atoms with Crippen LogP contribution in [0.5, 0.6) is 0 Å². The number of likely N-dealkylation sites (N-methyl/N-ethyl adjacent to an activating group) is 1. The second-order valence-corrected chi connectivity index (χ2v) is 5.18. The van der Waals surface area contributed by atoms with E-state index in [4.69, 9.17) is 4.74 Å². The number of ether oxygens (including phenoxy) is 1. The minimum absolute atomic E-state index is 0.537. The summed E-state index contributed by atoms with van der Waals surface area (Å²) in [6.07, 6.45) is 3.71. The molecule has 5 nitrogen and oxygen atoms in total. The van der Waals surface area contributed by atoms with Crippen molar-refractivity contribution in [3.05, 3.63) is 0 Å². The Morgan fingerprint density at radius 2 is 2.16 bits per heavy atom. The summed E-state index contributed by atoms with van der Waals surface area (Å²) < 4.78 is 5.30. The molecule has 1 rings (SSSR count). The van der Waals surface area contributed by atoms with Crippen molar-refractivity contribution in [3.8, 4) is 0 Å². The van der Waals surface area contributed by atoms with Gasteiger partial charge in [-0.05, 0) is 40.2 Å². The van der Waals surface area contributed by atoms with E-state index in [1.54, 1.807) is 0 Å². The Morgan fingerprint density at radius 3 is 2.74 bits per heavy atom. The van der Waals surface area contributed by atoms with Crippen molar-refractivity contribution >= 4 is 5.96 Å². The fourth-order valence-electron chi connectivity index (χ4n) is 1.98. The molecule has 1 unspecified atom stereocenters. The molecule has 0 spiro atoms. The van der Waals surface area contributed by atoms with Crippen molar-refractivity contribution in [2.45, 2.75) is 45.2 Å². The molecule has 0 aromatic carbocycles. The average Bonchev–Trinajstić information content (AvgIpc) is 3.25. The molecule has 0 aromatic rings. The van der Waals surface area contributed by atoms with Crippen LogP contribution < -0.4 is 10.6 Å². The Kier molecular flexibility index (Phi) is 7.82. The molecule has 1 aliphatic rings. The molecule has 0 aromatic heterocycles. The summed E-state index contributed by atoms with van der Waals surface area (Å²) in [6, 6.07) is 1.34. The van der Waals surface area contributed by atoms with Gasteiger partial charge >= 0.3 is 0 Å². The molecule has 0 bridgehead atoms. The van der Waals surface area contributed by atoms with Gasteiger partial charge < -0.3 is 15.4 Å². The average molecular weight is 270 g/mol. The molecule has 1 aliphatic carbocycles. The molecule has 5 heteroatoms. The lowest BCUT2D eigenvalue weighted by Gasteiger charge is -2.25. The normalized spacial score (nSPS) is 17.6.